The van der Waals surface area contributed by atoms with Crippen molar-refractivity contribution in [2.24, 2.45) is 0 Å². The van der Waals surface area contributed by atoms with Gasteiger partial charge in [0.05, 0.1) is 17.9 Å². The molecule has 154 valence electrons. The van der Waals surface area contributed by atoms with Crippen molar-refractivity contribution in [2.75, 3.05) is 26.0 Å². The van der Waals surface area contributed by atoms with Crippen molar-refractivity contribution in [3.05, 3.63) is 66.4 Å². The second kappa shape index (κ2) is 9.60. The molecule has 0 fully saturated rings. The summed E-state index contributed by atoms with van der Waals surface area (Å²) >= 11 is 1.24. The smallest absolute Gasteiger partial charge is 0.277 e. The first-order valence-corrected chi connectivity index (χ1v) is 10.6. The number of aromatic amines is 1. The number of methoxy groups -OCH3 is 1. The van der Waals surface area contributed by atoms with E-state index in [-0.39, 0.29) is 11.7 Å². The minimum atomic E-state index is -0.00672. The van der Waals surface area contributed by atoms with E-state index in [1.165, 1.54) is 11.8 Å². The van der Waals surface area contributed by atoms with Crippen LogP contribution in [0.2, 0.25) is 0 Å². The van der Waals surface area contributed by atoms with E-state index in [0.29, 0.717) is 30.8 Å². The Labute approximate surface area is 178 Å². The van der Waals surface area contributed by atoms with Gasteiger partial charge in [-0.1, -0.05) is 60.3 Å². The Kier molecular flexibility index (Phi) is 6.46. The van der Waals surface area contributed by atoms with Crippen molar-refractivity contribution in [1.82, 2.24) is 20.1 Å². The van der Waals surface area contributed by atoms with Crippen LogP contribution >= 0.6 is 11.8 Å². The third-order valence-corrected chi connectivity index (χ3v) is 5.48. The molecule has 0 aliphatic heterocycles. The molecular weight excluding hydrogens is 400 g/mol. The van der Waals surface area contributed by atoms with Gasteiger partial charge in [-0.3, -0.25) is 4.79 Å². The Balaban J connectivity index is 1.41. The number of carbonyl (C=O) groups is 1. The summed E-state index contributed by atoms with van der Waals surface area (Å²) in [6.45, 7) is 1.54. The highest BCUT2D eigenvalue weighted by Gasteiger charge is 2.18. The number of ether oxygens (including phenoxy) is 1. The first kappa shape index (κ1) is 20.2. The predicted octanol–water partition coefficient (Wildman–Crippen LogP) is 3.99. The van der Waals surface area contributed by atoms with E-state index in [0.717, 1.165) is 22.0 Å². The summed E-state index contributed by atoms with van der Waals surface area (Å²) in [5, 5.41) is 9.63. The zero-order chi connectivity index (χ0) is 20.8. The highest BCUT2D eigenvalue weighted by atomic mass is 32.2. The second-order valence-electron chi connectivity index (χ2n) is 6.70. The van der Waals surface area contributed by atoms with E-state index >= 15 is 0 Å². The summed E-state index contributed by atoms with van der Waals surface area (Å²) < 4.78 is 10.9. The summed E-state index contributed by atoms with van der Waals surface area (Å²) in [7, 11) is 1.63. The molecule has 0 saturated heterocycles. The number of H-pyrrole nitrogens is 1. The normalized spacial score (nSPS) is 11.1. The van der Waals surface area contributed by atoms with Gasteiger partial charge in [-0.15, -0.1) is 10.2 Å². The number of carbonyl (C=O) groups excluding carboxylic acids is 1. The van der Waals surface area contributed by atoms with Crippen LogP contribution in [0.25, 0.3) is 22.4 Å². The van der Waals surface area contributed by atoms with Crippen LogP contribution in [0, 0.1) is 0 Å². The maximum atomic E-state index is 12.8. The molecule has 7 nitrogen and oxygen atoms in total. The molecule has 0 bridgehead atoms. The first-order chi connectivity index (χ1) is 14.7. The number of nitrogens with zero attached hydrogens (tertiary/aromatic N) is 3. The maximum absolute atomic E-state index is 12.8. The largest absolute Gasteiger partial charge is 0.411 e. The average Bonchev–Trinajstić information content (AvgIpc) is 3.42. The van der Waals surface area contributed by atoms with Crippen LogP contribution in [0.15, 0.2) is 70.4 Å². The Hall–Kier alpha value is -3.10. The van der Waals surface area contributed by atoms with Gasteiger partial charge in [0.25, 0.3) is 11.1 Å². The van der Waals surface area contributed by atoms with Gasteiger partial charge in [0, 0.05) is 37.3 Å². The number of rotatable bonds is 9. The van der Waals surface area contributed by atoms with E-state index < -0.39 is 0 Å². The maximum Gasteiger partial charge on any atom is 0.277 e. The molecule has 2 heterocycles. The Morgan fingerprint density at radius 3 is 2.77 bits per heavy atom. The molecule has 0 aliphatic carbocycles. The van der Waals surface area contributed by atoms with E-state index in [4.69, 9.17) is 9.15 Å². The number of hydrogen-bond donors (Lipinski definition) is 1. The van der Waals surface area contributed by atoms with Crippen LogP contribution in [0.5, 0.6) is 0 Å². The lowest BCUT2D eigenvalue weighted by atomic mass is 10.2. The Morgan fingerprint density at radius 1 is 1.13 bits per heavy atom. The molecule has 0 radical (unpaired) electrons. The lowest BCUT2D eigenvalue weighted by Crippen LogP contribution is -2.34. The van der Waals surface area contributed by atoms with Gasteiger partial charge in [-0.25, -0.2) is 0 Å². The molecule has 2 aromatic heterocycles. The third-order valence-electron chi connectivity index (χ3n) is 4.68. The summed E-state index contributed by atoms with van der Waals surface area (Å²) in [6, 6.07) is 17.8. The molecule has 4 aromatic rings. The monoisotopic (exact) mass is 422 g/mol. The number of amides is 1. The lowest BCUT2D eigenvalue weighted by molar-refractivity contribution is -0.129. The van der Waals surface area contributed by atoms with Crippen molar-refractivity contribution >= 4 is 28.6 Å². The standard InChI is InChI=1S/C22H22N4O3S/c1-28-12-11-26(14-16-7-3-2-4-8-16)20(27)15-30-22-25-24-21(29-22)18-13-23-19-10-6-5-9-17(18)19/h2-10,13,23H,11-12,14-15H2,1H3. The molecule has 0 spiro atoms. The van der Waals surface area contributed by atoms with Gasteiger partial charge >= 0.3 is 0 Å². The van der Waals surface area contributed by atoms with Gasteiger partial charge in [0.1, 0.15) is 0 Å². The van der Waals surface area contributed by atoms with Gasteiger partial charge < -0.3 is 19.0 Å². The molecule has 0 atom stereocenters. The van der Waals surface area contributed by atoms with Crippen molar-refractivity contribution in [3.63, 3.8) is 0 Å². The average molecular weight is 423 g/mol. The van der Waals surface area contributed by atoms with Gasteiger partial charge in [0.15, 0.2) is 0 Å². The number of thioether (sulfide) groups is 1. The molecule has 1 amide bonds. The van der Waals surface area contributed by atoms with Crippen LogP contribution < -0.4 is 0 Å². The highest BCUT2D eigenvalue weighted by Crippen LogP contribution is 2.29. The van der Waals surface area contributed by atoms with Crippen LogP contribution in [0.3, 0.4) is 0 Å². The molecule has 1 N–H and O–H groups in total. The zero-order valence-corrected chi connectivity index (χ0v) is 17.4. The van der Waals surface area contributed by atoms with Crippen molar-refractivity contribution in [2.45, 2.75) is 11.8 Å². The van der Waals surface area contributed by atoms with E-state index in [9.17, 15) is 4.79 Å². The molecule has 4 rings (SSSR count). The highest BCUT2D eigenvalue weighted by molar-refractivity contribution is 7.99. The zero-order valence-electron chi connectivity index (χ0n) is 16.6. The molecule has 0 saturated carbocycles. The third kappa shape index (κ3) is 4.72. The van der Waals surface area contributed by atoms with Gasteiger partial charge in [0.2, 0.25) is 5.91 Å². The number of benzene rings is 2. The predicted molar refractivity (Wildman–Crippen MR) is 116 cm³/mol. The fourth-order valence-corrected chi connectivity index (χ4v) is 3.80. The van der Waals surface area contributed by atoms with Gasteiger partial charge in [-0.2, -0.15) is 0 Å². The minimum Gasteiger partial charge on any atom is -0.411 e. The summed E-state index contributed by atoms with van der Waals surface area (Å²) in [4.78, 5) is 17.8. The Bertz CT molecular complexity index is 1110. The fraction of sp³-hybridized carbons (Fsp3) is 0.227. The molecule has 8 heteroatoms. The minimum absolute atomic E-state index is 0.00672. The molecule has 0 unspecified atom stereocenters. The first-order valence-electron chi connectivity index (χ1n) is 9.58. The number of fused-ring (bicyclic) bond motifs is 1. The van der Waals surface area contributed by atoms with Crippen LogP contribution in [0.1, 0.15) is 5.56 Å². The number of para-hydroxylation sites is 1. The molecular formula is C22H22N4O3S. The van der Waals surface area contributed by atoms with E-state index in [2.05, 4.69) is 15.2 Å². The van der Waals surface area contributed by atoms with Crippen LogP contribution in [0.4, 0.5) is 0 Å². The number of nitrogens with one attached hydrogen (secondary N) is 1. The van der Waals surface area contributed by atoms with Crippen molar-refractivity contribution in [3.8, 4) is 11.5 Å². The number of aromatic nitrogens is 3. The SMILES string of the molecule is COCCN(Cc1ccccc1)C(=O)CSc1nnc(-c2c[nH]c3ccccc23)o1. The topological polar surface area (TPSA) is 84.2 Å². The van der Waals surface area contributed by atoms with Crippen LogP contribution in [-0.4, -0.2) is 52.0 Å². The molecule has 2 aromatic carbocycles. The van der Waals surface area contributed by atoms with Crippen molar-refractivity contribution < 1.29 is 13.9 Å². The van der Waals surface area contributed by atoms with Crippen molar-refractivity contribution in [1.29, 1.82) is 0 Å². The summed E-state index contributed by atoms with van der Waals surface area (Å²) in [6.07, 6.45) is 1.85. The summed E-state index contributed by atoms with van der Waals surface area (Å²) in [5.74, 6) is 0.641. The fourth-order valence-electron chi connectivity index (χ4n) is 3.14. The number of hydrogen-bond acceptors (Lipinski definition) is 6. The van der Waals surface area contributed by atoms with E-state index in [1.807, 2.05) is 60.8 Å². The van der Waals surface area contributed by atoms with E-state index in [1.54, 1.807) is 12.0 Å². The summed E-state index contributed by atoms with van der Waals surface area (Å²) in [5.41, 5.74) is 2.93. The Morgan fingerprint density at radius 2 is 1.93 bits per heavy atom. The van der Waals surface area contributed by atoms with Gasteiger partial charge in [-0.05, 0) is 11.6 Å². The lowest BCUT2D eigenvalue weighted by Gasteiger charge is -2.22. The quantitative estimate of drug-likeness (QED) is 0.411. The second-order valence-corrected chi connectivity index (χ2v) is 7.63. The molecule has 0 aliphatic rings. The molecule has 30 heavy (non-hydrogen) atoms. The van der Waals surface area contributed by atoms with Crippen LogP contribution in [-0.2, 0) is 16.1 Å².